The van der Waals surface area contributed by atoms with E-state index in [1.54, 1.807) is 36.4 Å². The predicted octanol–water partition coefficient (Wildman–Crippen LogP) is 5.63. The minimum atomic E-state index is -3.92. The fourth-order valence-corrected chi connectivity index (χ4v) is 4.21. The first-order valence-electron chi connectivity index (χ1n) is 8.88. The van der Waals surface area contributed by atoms with Crippen molar-refractivity contribution >= 4 is 54.0 Å². The molecular weight excluding hydrogens is 486 g/mol. The summed E-state index contributed by atoms with van der Waals surface area (Å²) in [4.78, 5) is 12.1. The molecule has 0 fully saturated rings. The second kappa shape index (κ2) is 8.32. The summed E-state index contributed by atoms with van der Waals surface area (Å²) in [5.74, 6) is -0.993. The van der Waals surface area contributed by atoms with Crippen LogP contribution in [-0.4, -0.2) is 19.4 Å². The molecule has 4 rings (SSSR count). The predicted molar refractivity (Wildman–Crippen MR) is 118 cm³/mol. The van der Waals surface area contributed by atoms with Crippen LogP contribution in [0.25, 0.3) is 10.8 Å². The number of anilines is 1. The highest BCUT2D eigenvalue weighted by molar-refractivity contribution is 9.10. The molecule has 0 unspecified atom stereocenters. The SMILES string of the molecule is O=C(N=Nc1cc(NS(=O)(=O)c2ccc(Br)cc2)c2ccccc2c1O)c1ccco1. The number of rotatable bonds is 5. The second-order valence-electron chi connectivity index (χ2n) is 6.38. The van der Waals surface area contributed by atoms with E-state index in [0.29, 0.717) is 10.8 Å². The minimum Gasteiger partial charge on any atom is -0.505 e. The van der Waals surface area contributed by atoms with Gasteiger partial charge in [-0.3, -0.25) is 9.52 Å². The second-order valence-corrected chi connectivity index (χ2v) is 8.98. The van der Waals surface area contributed by atoms with Gasteiger partial charge in [0.25, 0.3) is 10.0 Å². The van der Waals surface area contributed by atoms with Crippen molar-refractivity contribution in [2.45, 2.75) is 4.90 Å². The van der Waals surface area contributed by atoms with Gasteiger partial charge in [0.15, 0.2) is 11.5 Å². The number of nitrogens with one attached hydrogen (secondary N) is 1. The molecule has 3 aromatic carbocycles. The molecule has 31 heavy (non-hydrogen) atoms. The molecule has 0 saturated carbocycles. The average Bonchev–Trinajstić information content (AvgIpc) is 3.30. The Balaban J connectivity index is 1.77. The topological polar surface area (TPSA) is 121 Å². The van der Waals surface area contributed by atoms with Crippen molar-refractivity contribution in [2.75, 3.05) is 4.72 Å². The zero-order valence-corrected chi connectivity index (χ0v) is 18.1. The van der Waals surface area contributed by atoms with Gasteiger partial charge in [-0.25, -0.2) is 8.42 Å². The Hall–Kier alpha value is -3.50. The zero-order chi connectivity index (χ0) is 22.0. The fourth-order valence-electron chi connectivity index (χ4n) is 2.87. The summed E-state index contributed by atoms with van der Waals surface area (Å²) >= 11 is 3.27. The number of amides is 1. The summed E-state index contributed by atoms with van der Waals surface area (Å²) in [7, 11) is -3.92. The molecule has 10 heteroatoms. The highest BCUT2D eigenvalue weighted by Gasteiger charge is 2.19. The number of nitrogens with zero attached hydrogens (tertiary/aromatic N) is 2. The largest absolute Gasteiger partial charge is 0.505 e. The third-order valence-electron chi connectivity index (χ3n) is 4.34. The molecule has 0 aliphatic rings. The normalized spacial score (nSPS) is 11.8. The molecule has 0 spiro atoms. The van der Waals surface area contributed by atoms with Gasteiger partial charge in [0.05, 0.1) is 16.8 Å². The number of carbonyl (C=O) groups excluding carboxylic acids is 1. The van der Waals surface area contributed by atoms with E-state index in [1.165, 1.54) is 36.6 Å². The highest BCUT2D eigenvalue weighted by Crippen LogP contribution is 2.40. The Labute approximate surface area is 185 Å². The number of sulfonamides is 1. The molecule has 156 valence electrons. The molecule has 4 aromatic rings. The third kappa shape index (κ3) is 4.35. The van der Waals surface area contributed by atoms with E-state index in [1.807, 2.05) is 0 Å². The average molecular weight is 500 g/mol. The van der Waals surface area contributed by atoms with Crippen molar-refractivity contribution < 1.29 is 22.7 Å². The Bertz CT molecular complexity index is 1400. The number of phenolic OH excluding ortho intramolecular Hbond substituents is 1. The molecule has 0 saturated heterocycles. The quantitative estimate of drug-likeness (QED) is 0.272. The van der Waals surface area contributed by atoms with E-state index in [4.69, 9.17) is 4.42 Å². The van der Waals surface area contributed by atoms with Gasteiger partial charge in [-0.1, -0.05) is 40.2 Å². The van der Waals surface area contributed by atoms with Gasteiger partial charge in [-0.15, -0.1) is 10.2 Å². The molecule has 0 bridgehead atoms. The van der Waals surface area contributed by atoms with Crippen molar-refractivity contribution in [3.63, 3.8) is 0 Å². The maximum absolute atomic E-state index is 12.9. The number of aromatic hydroxyl groups is 1. The third-order valence-corrected chi connectivity index (χ3v) is 6.25. The Morgan fingerprint density at radius 2 is 1.71 bits per heavy atom. The Morgan fingerprint density at radius 3 is 2.39 bits per heavy atom. The summed E-state index contributed by atoms with van der Waals surface area (Å²) in [6.07, 6.45) is 1.32. The van der Waals surface area contributed by atoms with Crippen LogP contribution in [0.1, 0.15) is 10.6 Å². The zero-order valence-electron chi connectivity index (χ0n) is 15.7. The molecule has 1 heterocycles. The van der Waals surface area contributed by atoms with Crippen LogP contribution in [0, 0.1) is 0 Å². The summed E-state index contributed by atoms with van der Waals surface area (Å²) in [5, 5.41) is 18.8. The first kappa shape index (κ1) is 20.8. The van der Waals surface area contributed by atoms with Crippen LogP contribution in [0.5, 0.6) is 5.75 Å². The maximum Gasteiger partial charge on any atom is 0.331 e. The van der Waals surface area contributed by atoms with Crippen molar-refractivity contribution in [3.05, 3.63) is 83.2 Å². The van der Waals surface area contributed by atoms with Crippen LogP contribution in [0.15, 0.2) is 97.0 Å². The lowest BCUT2D eigenvalue weighted by Gasteiger charge is -2.13. The molecular formula is C21H14BrN3O5S. The van der Waals surface area contributed by atoms with Crippen LogP contribution in [0.3, 0.4) is 0 Å². The van der Waals surface area contributed by atoms with E-state index in [2.05, 4.69) is 30.9 Å². The van der Waals surface area contributed by atoms with Crippen molar-refractivity contribution in [2.24, 2.45) is 10.2 Å². The van der Waals surface area contributed by atoms with Gasteiger partial charge in [0, 0.05) is 15.2 Å². The first-order chi connectivity index (χ1) is 14.8. The summed E-state index contributed by atoms with van der Waals surface area (Å²) in [6.45, 7) is 0. The molecule has 0 aliphatic carbocycles. The van der Waals surface area contributed by atoms with Gasteiger partial charge in [0.2, 0.25) is 0 Å². The van der Waals surface area contributed by atoms with Gasteiger partial charge >= 0.3 is 5.91 Å². The standard InChI is InChI=1S/C21H14BrN3O5S/c22-13-7-9-14(10-8-13)31(28,29)25-17-12-18(20(26)16-5-2-1-4-15(16)17)23-24-21(27)19-6-3-11-30-19/h1-12,25-26H. The van der Waals surface area contributed by atoms with Crippen molar-refractivity contribution in [3.8, 4) is 5.75 Å². The Kier molecular flexibility index (Phi) is 5.57. The lowest BCUT2D eigenvalue weighted by molar-refractivity contribution is 0.0968. The number of azo groups is 1. The van der Waals surface area contributed by atoms with Crippen LogP contribution in [0.2, 0.25) is 0 Å². The van der Waals surface area contributed by atoms with Gasteiger partial charge < -0.3 is 9.52 Å². The Morgan fingerprint density at radius 1 is 1.00 bits per heavy atom. The maximum atomic E-state index is 12.9. The smallest absolute Gasteiger partial charge is 0.331 e. The molecule has 0 atom stereocenters. The number of carbonyl (C=O) groups is 1. The first-order valence-corrected chi connectivity index (χ1v) is 11.2. The van der Waals surface area contributed by atoms with Crippen molar-refractivity contribution in [1.82, 2.24) is 0 Å². The van der Waals surface area contributed by atoms with Crippen LogP contribution in [-0.2, 0) is 10.0 Å². The van der Waals surface area contributed by atoms with E-state index >= 15 is 0 Å². The number of hydrogen-bond donors (Lipinski definition) is 2. The van der Waals surface area contributed by atoms with E-state index in [9.17, 15) is 18.3 Å². The number of furan rings is 1. The number of phenols is 1. The monoisotopic (exact) mass is 499 g/mol. The number of benzene rings is 3. The number of hydrogen-bond acceptors (Lipinski definition) is 6. The van der Waals surface area contributed by atoms with Crippen LogP contribution >= 0.6 is 15.9 Å². The van der Waals surface area contributed by atoms with E-state index in [0.717, 1.165) is 4.47 Å². The molecule has 8 nitrogen and oxygen atoms in total. The fraction of sp³-hybridized carbons (Fsp3) is 0. The van der Waals surface area contributed by atoms with Crippen LogP contribution in [0.4, 0.5) is 11.4 Å². The lowest BCUT2D eigenvalue weighted by atomic mass is 10.1. The van der Waals surface area contributed by atoms with Gasteiger partial charge in [-0.2, -0.15) is 0 Å². The molecule has 2 N–H and O–H groups in total. The highest BCUT2D eigenvalue weighted by atomic mass is 79.9. The van der Waals surface area contributed by atoms with Crippen LogP contribution < -0.4 is 4.72 Å². The van der Waals surface area contributed by atoms with E-state index in [-0.39, 0.29) is 27.8 Å². The van der Waals surface area contributed by atoms with E-state index < -0.39 is 15.9 Å². The number of halogens is 1. The molecule has 1 aromatic heterocycles. The van der Waals surface area contributed by atoms with Gasteiger partial charge in [0.1, 0.15) is 5.69 Å². The van der Waals surface area contributed by atoms with Gasteiger partial charge in [-0.05, 0) is 42.5 Å². The molecule has 0 radical (unpaired) electrons. The number of fused-ring (bicyclic) bond motifs is 1. The molecule has 1 amide bonds. The summed E-state index contributed by atoms with van der Waals surface area (Å²) < 4.78 is 34.0. The summed E-state index contributed by atoms with van der Waals surface area (Å²) in [5.41, 5.74) is 0.0998. The molecule has 0 aliphatic heterocycles. The minimum absolute atomic E-state index is 0.0137. The lowest BCUT2D eigenvalue weighted by Crippen LogP contribution is -2.13. The van der Waals surface area contributed by atoms with Crippen molar-refractivity contribution in [1.29, 1.82) is 0 Å². The summed E-state index contributed by atoms with van der Waals surface area (Å²) in [6, 6.07) is 17.1.